The van der Waals surface area contributed by atoms with Crippen LogP contribution in [0.1, 0.15) is 22.8 Å². The molecular weight excluding hydrogens is 262 g/mol. The first-order valence-electron chi connectivity index (χ1n) is 5.91. The average molecular weight is 276 g/mol. The van der Waals surface area contributed by atoms with Crippen molar-refractivity contribution in [3.63, 3.8) is 0 Å². The van der Waals surface area contributed by atoms with E-state index in [1.165, 1.54) is 17.8 Å². The quantitative estimate of drug-likeness (QED) is 0.846. The van der Waals surface area contributed by atoms with E-state index in [0.29, 0.717) is 11.3 Å². The topological polar surface area (TPSA) is 68.0 Å². The van der Waals surface area contributed by atoms with Crippen LogP contribution < -0.4 is 11.1 Å². The van der Waals surface area contributed by atoms with Crippen LogP contribution in [0.15, 0.2) is 36.5 Å². The van der Waals surface area contributed by atoms with E-state index < -0.39 is 0 Å². The molecule has 5 heteroatoms. The normalized spacial score (nSPS) is 10.2. The highest BCUT2D eigenvalue weighted by Gasteiger charge is 2.11. The summed E-state index contributed by atoms with van der Waals surface area (Å²) in [6, 6.07) is 9.11. The van der Waals surface area contributed by atoms with Crippen LogP contribution in [-0.2, 0) is 6.42 Å². The van der Waals surface area contributed by atoms with Crippen LogP contribution in [0.4, 0.5) is 11.4 Å². The number of carbonyl (C=O) groups excluding carboxylic acids is 1. The summed E-state index contributed by atoms with van der Waals surface area (Å²) < 4.78 is 0. The molecule has 2 aromatic rings. The third kappa shape index (κ3) is 3.23. The van der Waals surface area contributed by atoms with Crippen molar-refractivity contribution in [1.29, 1.82) is 0 Å². The maximum absolute atomic E-state index is 12.1. The number of aryl methyl sites for hydroxylation is 1. The Labute approximate surface area is 116 Å². The Balaban J connectivity index is 2.18. The minimum absolute atomic E-state index is 0.237. The largest absolute Gasteiger partial charge is 0.397 e. The van der Waals surface area contributed by atoms with Gasteiger partial charge in [0.2, 0.25) is 0 Å². The van der Waals surface area contributed by atoms with Crippen LogP contribution in [0, 0.1) is 0 Å². The standard InChI is InChI=1S/C14H14ClN3O/c1-2-9-3-5-10(6-4-9)18-14(19)11-7-13(15)17-8-12(11)16/h3-8H,2,16H2,1H3,(H,18,19). The molecule has 0 spiro atoms. The van der Waals surface area contributed by atoms with Gasteiger partial charge in [-0.2, -0.15) is 0 Å². The van der Waals surface area contributed by atoms with Crippen LogP contribution in [0.25, 0.3) is 0 Å². The van der Waals surface area contributed by atoms with Gasteiger partial charge < -0.3 is 11.1 Å². The molecule has 98 valence electrons. The third-order valence-corrected chi connectivity index (χ3v) is 2.97. The lowest BCUT2D eigenvalue weighted by atomic mass is 10.1. The van der Waals surface area contributed by atoms with Crippen LogP contribution >= 0.6 is 11.6 Å². The van der Waals surface area contributed by atoms with E-state index in [4.69, 9.17) is 17.3 Å². The fourth-order valence-electron chi connectivity index (χ4n) is 1.66. The molecule has 1 amide bonds. The molecule has 0 aliphatic rings. The van der Waals surface area contributed by atoms with Crippen molar-refractivity contribution < 1.29 is 4.79 Å². The van der Waals surface area contributed by atoms with E-state index in [1.807, 2.05) is 24.3 Å². The first-order chi connectivity index (χ1) is 9.10. The zero-order valence-electron chi connectivity index (χ0n) is 10.5. The molecule has 4 nitrogen and oxygen atoms in total. The zero-order valence-corrected chi connectivity index (χ0v) is 11.2. The Morgan fingerprint density at radius 2 is 2.05 bits per heavy atom. The number of amides is 1. The maximum atomic E-state index is 12.1. The smallest absolute Gasteiger partial charge is 0.257 e. The summed E-state index contributed by atoms with van der Waals surface area (Å²) in [7, 11) is 0. The number of anilines is 2. The second-order valence-electron chi connectivity index (χ2n) is 4.10. The van der Waals surface area contributed by atoms with Gasteiger partial charge >= 0.3 is 0 Å². The Kier molecular flexibility index (Phi) is 4.02. The molecule has 0 fully saturated rings. The van der Waals surface area contributed by atoms with E-state index in [9.17, 15) is 4.79 Å². The summed E-state index contributed by atoms with van der Waals surface area (Å²) in [6.45, 7) is 2.08. The number of hydrogen-bond donors (Lipinski definition) is 2. The zero-order chi connectivity index (χ0) is 13.8. The predicted octanol–water partition coefficient (Wildman–Crippen LogP) is 3.13. The van der Waals surface area contributed by atoms with E-state index in [0.717, 1.165) is 12.1 Å². The highest BCUT2D eigenvalue weighted by Crippen LogP contribution is 2.17. The molecule has 0 unspecified atom stereocenters. The van der Waals surface area contributed by atoms with Crippen molar-refractivity contribution in [1.82, 2.24) is 4.98 Å². The number of halogens is 1. The number of nitrogen functional groups attached to an aromatic ring is 1. The summed E-state index contributed by atoms with van der Waals surface area (Å²) in [5, 5.41) is 3.01. The highest BCUT2D eigenvalue weighted by molar-refractivity contribution is 6.30. The van der Waals surface area contributed by atoms with Gasteiger partial charge in [-0.3, -0.25) is 4.79 Å². The fourth-order valence-corrected chi connectivity index (χ4v) is 1.82. The SMILES string of the molecule is CCc1ccc(NC(=O)c2cc(Cl)ncc2N)cc1. The number of nitrogens with one attached hydrogen (secondary N) is 1. The maximum Gasteiger partial charge on any atom is 0.257 e. The van der Waals surface area contributed by atoms with E-state index >= 15 is 0 Å². The molecule has 3 N–H and O–H groups in total. The van der Waals surface area contributed by atoms with E-state index in [-0.39, 0.29) is 11.1 Å². The van der Waals surface area contributed by atoms with Gasteiger partial charge in [-0.15, -0.1) is 0 Å². The molecular formula is C14H14ClN3O. The molecule has 1 aromatic heterocycles. The second kappa shape index (κ2) is 5.71. The Morgan fingerprint density at radius 1 is 1.37 bits per heavy atom. The van der Waals surface area contributed by atoms with E-state index in [2.05, 4.69) is 17.2 Å². The van der Waals surface area contributed by atoms with Crippen molar-refractivity contribution in [2.24, 2.45) is 0 Å². The van der Waals surface area contributed by atoms with Gasteiger partial charge in [-0.25, -0.2) is 4.98 Å². The van der Waals surface area contributed by atoms with Gasteiger partial charge in [0.25, 0.3) is 5.91 Å². The molecule has 0 atom stereocenters. The lowest BCUT2D eigenvalue weighted by Crippen LogP contribution is -2.14. The molecule has 0 saturated heterocycles. The Morgan fingerprint density at radius 3 is 2.68 bits per heavy atom. The number of benzene rings is 1. The summed E-state index contributed by atoms with van der Waals surface area (Å²) >= 11 is 5.76. The van der Waals surface area contributed by atoms with Crippen molar-refractivity contribution in [2.75, 3.05) is 11.1 Å². The van der Waals surface area contributed by atoms with Crippen molar-refractivity contribution >= 4 is 28.9 Å². The van der Waals surface area contributed by atoms with Crippen LogP contribution in [-0.4, -0.2) is 10.9 Å². The summed E-state index contributed by atoms with van der Waals surface area (Å²) in [4.78, 5) is 15.9. The molecule has 1 heterocycles. The van der Waals surface area contributed by atoms with Gasteiger partial charge in [0, 0.05) is 5.69 Å². The second-order valence-corrected chi connectivity index (χ2v) is 4.49. The van der Waals surface area contributed by atoms with Gasteiger partial charge in [0.05, 0.1) is 17.4 Å². The molecule has 0 saturated carbocycles. The van der Waals surface area contributed by atoms with Crippen molar-refractivity contribution in [3.05, 3.63) is 52.8 Å². The van der Waals surface area contributed by atoms with Crippen LogP contribution in [0.2, 0.25) is 5.15 Å². The lowest BCUT2D eigenvalue weighted by Gasteiger charge is -2.08. The third-order valence-electron chi connectivity index (χ3n) is 2.77. The molecule has 0 radical (unpaired) electrons. The first-order valence-corrected chi connectivity index (χ1v) is 6.29. The number of aromatic nitrogens is 1. The molecule has 1 aromatic carbocycles. The van der Waals surface area contributed by atoms with Crippen molar-refractivity contribution in [2.45, 2.75) is 13.3 Å². The number of rotatable bonds is 3. The lowest BCUT2D eigenvalue weighted by molar-refractivity contribution is 0.102. The Hall–Kier alpha value is -2.07. The van der Waals surface area contributed by atoms with Gasteiger partial charge in [0.1, 0.15) is 5.15 Å². The number of pyridine rings is 1. The molecule has 0 bridgehead atoms. The van der Waals surface area contributed by atoms with Gasteiger partial charge in [0.15, 0.2) is 0 Å². The summed E-state index contributed by atoms with van der Waals surface area (Å²) in [5.41, 5.74) is 8.25. The number of nitrogens with two attached hydrogens (primary N) is 1. The number of hydrogen-bond acceptors (Lipinski definition) is 3. The molecule has 0 aliphatic carbocycles. The monoisotopic (exact) mass is 275 g/mol. The molecule has 19 heavy (non-hydrogen) atoms. The van der Waals surface area contributed by atoms with E-state index in [1.54, 1.807) is 0 Å². The van der Waals surface area contributed by atoms with Crippen molar-refractivity contribution in [3.8, 4) is 0 Å². The summed E-state index contributed by atoms with van der Waals surface area (Å²) in [6.07, 6.45) is 2.33. The number of carbonyl (C=O) groups is 1. The minimum atomic E-state index is -0.300. The predicted molar refractivity (Wildman–Crippen MR) is 77.4 cm³/mol. The van der Waals surface area contributed by atoms with Crippen LogP contribution in [0.3, 0.4) is 0 Å². The minimum Gasteiger partial charge on any atom is -0.397 e. The highest BCUT2D eigenvalue weighted by atomic mass is 35.5. The Bertz CT molecular complexity index is 596. The number of nitrogens with zero attached hydrogens (tertiary/aromatic N) is 1. The van der Waals surface area contributed by atoms with Gasteiger partial charge in [-0.1, -0.05) is 30.7 Å². The molecule has 0 aliphatic heterocycles. The van der Waals surface area contributed by atoms with Crippen LogP contribution in [0.5, 0.6) is 0 Å². The molecule has 2 rings (SSSR count). The average Bonchev–Trinajstić information content (AvgIpc) is 2.42. The fraction of sp³-hybridized carbons (Fsp3) is 0.143. The first kappa shape index (κ1) is 13.4. The van der Waals surface area contributed by atoms with Gasteiger partial charge in [-0.05, 0) is 30.2 Å². The summed E-state index contributed by atoms with van der Waals surface area (Å²) in [5.74, 6) is -0.300.